The maximum absolute atomic E-state index is 12.2. The molecule has 6 heteroatoms. The number of nitrogen functional groups attached to an aromatic ring is 1. The molecule has 1 aliphatic rings. The third-order valence-corrected chi connectivity index (χ3v) is 6.01. The summed E-state index contributed by atoms with van der Waals surface area (Å²) in [5.74, 6) is 0. The van der Waals surface area contributed by atoms with Crippen LogP contribution in [0.15, 0.2) is 23.1 Å². The molecule has 2 N–H and O–H groups in total. The van der Waals surface area contributed by atoms with Crippen molar-refractivity contribution in [3.8, 4) is 0 Å². The molecular formula is C14H23N3O2S. The molecule has 0 radical (unpaired) electrons. The Hall–Kier alpha value is -1.27. The van der Waals surface area contributed by atoms with Crippen LogP contribution in [0.25, 0.3) is 0 Å². The van der Waals surface area contributed by atoms with Gasteiger partial charge in [0.1, 0.15) is 0 Å². The molecule has 1 aliphatic heterocycles. The van der Waals surface area contributed by atoms with Crippen molar-refractivity contribution in [2.75, 3.05) is 43.9 Å². The highest BCUT2D eigenvalue weighted by atomic mass is 32.2. The Balaban J connectivity index is 2.27. The minimum absolute atomic E-state index is 0.241. The van der Waals surface area contributed by atoms with Crippen molar-refractivity contribution in [1.82, 2.24) is 4.90 Å². The lowest BCUT2D eigenvalue weighted by molar-refractivity contribution is 0.313. The van der Waals surface area contributed by atoms with E-state index in [-0.39, 0.29) is 4.90 Å². The molecular weight excluding hydrogens is 274 g/mol. The summed E-state index contributed by atoms with van der Waals surface area (Å²) < 4.78 is 24.4. The lowest BCUT2D eigenvalue weighted by Crippen LogP contribution is -2.44. The number of nitrogens with two attached hydrogens (primary N) is 1. The number of anilines is 2. The third kappa shape index (κ3) is 2.91. The summed E-state index contributed by atoms with van der Waals surface area (Å²) in [5.41, 5.74) is 7.30. The van der Waals surface area contributed by atoms with Crippen molar-refractivity contribution in [1.29, 1.82) is 0 Å². The summed E-state index contributed by atoms with van der Waals surface area (Å²) >= 11 is 0. The quantitative estimate of drug-likeness (QED) is 0.849. The lowest BCUT2D eigenvalue weighted by atomic mass is 10.2. The number of hydrogen-bond acceptors (Lipinski definition) is 5. The van der Waals surface area contributed by atoms with E-state index in [1.54, 1.807) is 26.0 Å². The molecule has 1 heterocycles. The highest BCUT2D eigenvalue weighted by Gasteiger charge is 2.23. The molecule has 0 atom stereocenters. The van der Waals surface area contributed by atoms with E-state index < -0.39 is 15.1 Å². The maximum atomic E-state index is 12.2. The van der Waals surface area contributed by atoms with Gasteiger partial charge in [0.15, 0.2) is 9.84 Å². The molecule has 20 heavy (non-hydrogen) atoms. The van der Waals surface area contributed by atoms with Crippen LogP contribution in [0, 0.1) is 0 Å². The van der Waals surface area contributed by atoms with E-state index in [0.29, 0.717) is 5.69 Å². The average molecular weight is 297 g/mol. The van der Waals surface area contributed by atoms with Gasteiger partial charge in [-0.1, -0.05) is 0 Å². The molecule has 0 saturated carbocycles. The molecule has 0 aromatic heterocycles. The number of rotatable bonds is 3. The van der Waals surface area contributed by atoms with Crippen molar-refractivity contribution in [2.24, 2.45) is 0 Å². The summed E-state index contributed by atoms with van der Waals surface area (Å²) in [6.45, 7) is 7.22. The number of nitrogens with zero attached hydrogens (tertiary/aromatic N) is 2. The van der Waals surface area contributed by atoms with Crippen molar-refractivity contribution in [3.05, 3.63) is 18.2 Å². The Kier molecular flexibility index (Phi) is 4.25. The largest absolute Gasteiger partial charge is 0.398 e. The first-order valence-electron chi connectivity index (χ1n) is 6.89. The van der Waals surface area contributed by atoms with E-state index >= 15 is 0 Å². The van der Waals surface area contributed by atoms with Crippen LogP contribution >= 0.6 is 0 Å². The molecule has 0 bridgehead atoms. The first kappa shape index (κ1) is 15.1. The van der Waals surface area contributed by atoms with E-state index in [0.717, 1.165) is 31.9 Å². The van der Waals surface area contributed by atoms with Crippen LogP contribution in [-0.4, -0.2) is 51.8 Å². The number of sulfone groups is 1. The minimum Gasteiger partial charge on any atom is -0.398 e. The second kappa shape index (κ2) is 5.61. The first-order valence-corrected chi connectivity index (χ1v) is 8.44. The normalized spacial score (nSPS) is 17.7. The molecule has 0 spiro atoms. The fourth-order valence-corrected chi connectivity index (χ4v) is 3.46. The maximum Gasteiger partial charge on any atom is 0.182 e. The van der Waals surface area contributed by atoms with Crippen LogP contribution in [0.2, 0.25) is 0 Å². The van der Waals surface area contributed by atoms with Gasteiger partial charge in [-0.2, -0.15) is 0 Å². The van der Waals surface area contributed by atoms with Crippen LogP contribution in [0.3, 0.4) is 0 Å². The zero-order valence-corrected chi connectivity index (χ0v) is 13.2. The SMILES string of the molecule is CC(C)S(=O)(=O)c1ccc(N2CCN(C)CC2)cc1N. The molecule has 5 nitrogen and oxygen atoms in total. The third-order valence-electron chi connectivity index (χ3n) is 3.79. The predicted molar refractivity (Wildman–Crippen MR) is 82.9 cm³/mol. The molecule has 1 saturated heterocycles. The van der Waals surface area contributed by atoms with Gasteiger partial charge in [-0.05, 0) is 39.1 Å². The van der Waals surface area contributed by atoms with E-state index in [2.05, 4.69) is 16.8 Å². The van der Waals surface area contributed by atoms with Gasteiger partial charge in [0.05, 0.1) is 15.8 Å². The van der Waals surface area contributed by atoms with E-state index in [4.69, 9.17) is 5.73 Å². The summed E-state index contributed by atoms with van der Waals surface area (Å²) in [4.78, 5) is 4.75. The fourth-order valence-electron chi connectivity index (χ4n) is 2.31. The molecule has 1 aromatic rings. The molecule has 0 unspecified atom stereocenters. The Morgan fingerprint density at radius 1 is 1.15 bits per heavy atom. The van der Waals surface area contributed by atoms with E-state index in [9.17, 15) is 8.42 Å². The van der Waals surface area contributed by atoms with Gasteiger partial charge in [-0.15, -0.1) is 0 Å². The predicted octanol–water partition coefficient (Wildman–Crippen LogP) is 1.20. The molecule has 1 aromatic carbocycles. The molecule has 0 amide bonds. The number of likely N-dealkylation sites (N-methyl/N-ethyl adjacent to an activating group) is 1. The Morgan fingerprint density at radius 2 is 1.75 bits per heavy atom. The summed E-state index contributed by atoms with van der Waals surface area (Å²) in [6, 6.07) is 5.27. The van der Waals surface area contributed by atoms with Crippen molar-refractivity contribution in [2.45, 2.75) is 24.0 Å². The number of piperazine rings is 1. The highest BCUT2D eigenvalue weighted by Crippen LogP contribution is 2.28. The van der Waals surface area contributed by atoms with E-state index in [1.165, 1.54) is 0 Å². The van der Waals surface area contributed by atoms with Gasteiger partial charge < -0.3 is 15.5 Å². The Morgan fingerprint density at radius 3 is 2.25 bits per heavy atom. The zero-order chi connectivity index (χ0) is 14.9. The standard InChI is InChI=1S/C14H23N3O2S/c1-11(2)20(18,19)14-5-4-12(10-13(14)15)17-8-6-16(3)7-9-17/h4-5,10-11H,6-9,15H2,1-3H3. The molecule has 2 rings (SSSR count). The second-order valence-electron chi connectivity index (χ2n) is 5.61. The smallest absolute Gasteiger partial charge is 0.182 e. The van der Waals surface area contributed by atoms with Crippen LogP contribution < -0.4 is 10.6 Å². The van der Waals surface area contributed by atoms with Crippen LogP contribution in [0.1, 0.15) is 13.8 Å². The summed E-state index contributed by atoms with van der Waals surface area (Å²) in [5, 5.41) is -0.459. The number of hydrogen-bond donors (Lipinski definition) is 1. The van der Waals surface area contributed by atoms with Crippen molar-refractivity contribution < 1.29 is 8.42 Å². The van der Waals surface area contributed by atoms with Gasteiger partial charge in [0.25, 0.3) is 0 Å². The van der Waals surface area contributed by atoms with Crippen LogP contribution in [-0.2, 0) is 9.84 Å². The first-order chi connectivity index (χ1) is 9.32. The Bertz CT molecular complexity index is 576. The summed E-state index contributed by atoms with van der Waals surface area (Å²) in [6.07, 6.45) is 0. The van der Waals surface area contributed by atoms with Gasteiger partial charge in [-0.3, -0.25) is 0 Å². The van der Waals surface area contributed by atoms with Crippen LogP contribution in [0.4, 0.5) is 11.4 Å². The topological polar surface area (TPSA) is 66.6 Å². The molecule has 1 fully saturated rings. The average Bonchev–Trinajstić information content (AvgIpc) is 2.39. The van der Waals surface area contributed by atoms with Gasteiger partial charge in [-0.25, -0.2) is 8.42 Å². The van der Waals surface area contributed by atoms with E-state index in [1.807, 2.05) is 6.07 Å². The van der Waals surface area contributed by atoms with Crippen LogP contribution in [0.5, 0.6) is 0 Å². The fraction of sp³-hybridized carbons (Fsp3) is 0.571. The van der Waals surface area contributed by atoms with Gasteiger partial charge in [0.2, 0.25) is 0 Å². The highest BCUT2D eigenvalue weighted by molar-refractivity contribution is 7.92. The van der Waals surface area contributed by atoms with Crippen molar-refractivity contribution >= 4 is 21.2 Å². The minimum atomic E-state index is -3.32. The Labute approximate surface area is 121 Å². The summed E-state index contributed by atoms with van der Waals surface area (Å²) in [7, 11) is -1.21. The monoisotopic (exact) mass is 297 g/mol. The number of benzene rings is 1. The van der Waals surface area contributed by atoms with Gasteiger partial charge >= 0.3 is 0 Å². The molecule has 112 valence electrons. The second-order valence-corrected chi connectivity index (χ2v) is 8.08. The van der Waals surface area contributed by atoms with Crippen molar-refractivity contribution in [3.63, 3.8) is 0 Å². The lowest BCUT2D eigenvalue weighted by Gasteiger charge is -2.34. The van der Waals surface area contributed by atoms with Gasteiger partial charge in [0, 0.05) is 31.9 Å². The molecule has 0 aliphatic carbocycles. The zero-order valence-electron chi connectivity index (χ0n) is 12.3.